The average Bonchev–Trinajstić information content (AvgIpc) is 2.97. The monoisotopic (exact) mass is 517 g/mol. The predicted molar refractivity (Wildman–Crippen MR) is 155 cm³/mol. The Kier molecular flexibility index (Phi) is 12.2. The Morgan fingerprint density at radius 3 is 2.08 bits per heavy atom. The van der Waals surface area contributed by atoms with E-state index in [1.807, 2.05) is 0 Å². The summed E-state index contributed by atoms with van der Waals surface area (Å²) >= 11 is 0. The summed E-state index contributed by atoms with van der Waals surface area (Å²) in [7, 11) is 0. The minimum absolute atomic E-state index is 0.354. The molecule has 2 aromatic carbocycles. The van der Waals surface area contributed by atoms with Crippen molar-refractivity contribution in [3.63, 3.8) is 0 Å². The summed E-state index contributed by atoms with van der Waals surface area (Å²) in [4.78, 5) is 12.5. The summed E-state index contributed by atoms with van der Waals surface area (Å²) in [5.41, 5.74) is 2.81. The van der Waals surface area contributed by atoms with Crippen LogP contribution >= 0.6 is 0 Å². The summed E-state index contributed by atoms with van der Waals surface area (Å²) in [6.45, 7) is 7.25. The van der Waals surface area contributed by atoms with Crippen LogP contribution in [0.2, 0.25) is 0 Å². The summed E-state index contributed by atoms with van der Waals surface area (Å²) in [6.07, 6.45) is 13.0. The molecule has 0 amide bonds. The molecule has 1 aliphatic rings. The molecular weight excluding hydrogens is 470 g/mol. The number of carbonyl (C=O) groups is 1. The second-order valence-electron chi connectivity index (χ2n) is 11.3. The van der Waals surface area contributed by atoms with Gasteiger partial charge in [-0.3, -0.25) is 4.79 Å². The van der Waals surface area contributed by atoms with Crippen molar-refractivity contribution >= 4 is 5.97 Å². The highest BCUT2D eigenvalue weighted by molar-refractivity contribution is 5.79. The van der Waals surface area contributed by atoms with Crippen molar-refractivity contribution in [1.29, 1.82) is 5.26 Å². The van der Waals surface area contributed by atoms with E-state index >= 15 is 0 Å². The van der Waals surface area contributed by atoms with E-state index in [1.54, 1.807) is 6.92 Å². The predicted octanol–water partition coefficient (Wildman–Crippen LogP) is 9.24. The Bertz CT molecular complexity index is 1000. The van der Waals surface area contributed by atoms with E-state index in [0.29, 0.717) is 24.9 Å². The standard InChI is InChI=1S/C34H47NO3/c1-4-6-8-9-10-24-37-32-21-19-31(20-22-32)30-17-15-29(16-18-30)28-13-11-27(12-14-28)25-38-33(36)34(3,26-35)23-7-5-2/h15-22,27-28H,4-14,23-25H2,1-3H3. The summed E-state index contributed by atoms with van der Waals surface area (Å²) in [5, 5.41) is 9.49. The van der Waals surface area contributed by atoms with Crippen molar-refractivity contribution in [1.82, 2.24) is 0 Å². The molecule has 38 heavy (non-hydrogen) atoms. The molecule has 0 aliphatic heterocycles. The van der Waals surface area contributed by atoms with Gasteiger partial charge in [0.15, 0.2) is 5.41 Å². The molecule has 2 aromatic rings. The van der Waals surface area contributed by atoms with Gasteiger partial charge in [-0.1, -0.05) is 88.8 Å². The minimum atomic E-state index is -1.02. The summed E-state index contributed by atoms with van der Waals surface area (Å²) in [5.74, 6) is 1.54. The van der Waals surface area contributed by atoms with Crippen molar-refractivity contribution in [3.8, 4) is 22.9 Å². The second kappa shape index (κ2) is 15.6. The molecule has 4 nitrogen and oxygen atoms in total. The van der Waals surface area contributed by atoms with Gasteiger partial charge in [0.25, 0.3) is 0 Å². The van der Waals surface area contributed by atoms with Crippen molar-refractivity contribution < 1.29 is 14.3 Å². The Morgan fingerprint density at radius 2 is 1.47 bits per heavy atom. The lowest BCUT2D eigenvalue weighted by atomic mass is 9.78. The first-order chi connectivity index (χ1) is 18.5. The van der Waals surface area contributed by atoms with Gasteiger partial charge in [-0.15, -0.1) is 0 Å². The molecule has 0 saturated heterocycles. The third kappa shape index (κ3) is 8.90. The van der Waals surface area contributed by atoms with Crippen molar-refractivity contribution in [2.75, 3.05) is 13.2 Å². The van der Waals surface area contributed by atoms with Crippen LogP contribution in [0.25, 0.3) is 11.1 Å². The van der Waals surface area contributed by atoms with Crippen LogP contribution < -0.4 is 4.74 Å². The van der Waals surface area contributed by atoms with Crippen molar-refractivity contribution in [2.24, 2.45) is 11.3 Å². The van der Waals surface area contributed by atoms with Crippen LogP contribution in [-0.4, -0.2) is 19.2 Å². The van der Waals surface area contributed by atoms with E-state index < -0.39 is 5.41 Å². The van der Waals surface area contributed by atoms with Crippen LogP contribution in [0.3, 0.4) is 0 Å². The van der Waals surface area contributed by atoms with E-state index in [0.717, 1.165) is 57.3 Å². The first-order valence-electron chi connectivity index (χ1n) is 14.9. The van der Waals surface area contributed by atoms with Gasteiger partial charge in [0.2, 0.25) is 0 Å². The van der Waals surface area contributed by atoms with Gasteiger partial charge < -0.3 is 9.47 Å². The summed E-state index contributed by atoms with van der Waals surface area (Å²) in [6, 6.07) is 19.6. The fraction of sp³-hybridized carbons (Fsp3) is 0.588. The lowest BCUT2D eigenvalue weighted by molar-refractivity contribution is -0.153. The highest BCUT2D eigenvalue weighted by Crippen LogP contribution is 2.37. The van der Waals surface area contributed by atoms with Crippen molar-refractivity contribution in [2.45, 2.75) is 104 Å². The van der Waals surface area contributed by atoms with Crippen LogP contribution in [0.1, 0.15) is 109 Å². The Hall–Kier alpha value is -2.80. The highest BCUT2D eigenvalue weighted by Gasteiger charge is 2.35. The van der Waals surface area contributed by atoms with E-state index in [1.165, 1.54) is 42.4 Å². The Balaban J connectivity index is 1.42. The molecule has 1 unspecified atom stereocenters. The van der Waals surface area contributed by atoms with E-state index in [2.05, 4.69) is 68.4 Å². The van der Waals surface area contributed by atoms with Crippen LogP contribution in [0.4, 0.5) is 0 Å². The first kappa shape index (κ1) is 29.8. The number of nitrogens with zero attached hydrogens (tertiary/aromatic N) is 1. The number of nitriles is 1. The van der Waals surface area contributed by atoms with Crippen LogP contribution in [0.15, 0.2) is 48.5 Å². The van der Waals surface area contributed by atoms with Gasteiger partial charge in [0, 0.05) is 0 Å². The van der Waals surface area contributed by atoms with E-state index in [4.69, 9.17) is 9.47 Å². The maximum Gasteiger partial charge on any atom is 0.326 e. The summed E-state index contributed by atoms with van der Waals surface area (Å²) < 4.78 is 11.5. The van der Waals surface area contributed by atoms with Gasteiger partial charge in [-0.05, 0) is 86.1 Å². The number of rotatable bonds is 15. The van der Waals surface area contributed by atoms with Crippen LogP contribution in [-0.2, 0) is 9.53 Å². The fourth-order valence-electron chi connectivity index (χ4n) is 5.34. The number of unbranched alkanes of at least 4 members (excludes halogenated alkanes) is 5. The maximum atomic E-state index is 12.5. The topological polar surface area (TPSA) is 59.3 Å². The lowest BCUT2D eigenvalue weighted by Gasteiger charge is -2.29. The third-order valence-electron chi connectivity index (χ3n) is 8.11. The van der Waals surface area contributed by atoms with Gasteiger partial charge in [-0.2, -0.15) is 5.26 Å². The zero-order valence-corrected chi connectivity index (χ0v) is 23.8. The second-order valence-corrected chi connectivity index (χ2v) is 11.3. The van der Waals surface area contributed by atoms with Gasteiger partial charge >= 0.3 is 5.97 Å². The number of esters is 1. The van der Waals surface area contributed by atoms with Gasteiger partial charge in [0.1, 0.15) is 5.75 Å². The van der Waals surface area contributed by atoms with Gasteiger partial charge in [-0.25, -0.2) is 0 Å². The molecule has 1 aliphatic carbocycles. The number of ether oxygens (including phenoxy) is 2. The van der Waals surface area contributed by atoms with Crippen molar-refractivity contribution in [3.05, 3.63) is 54.1 Å². The van der Waals surface area contributed by atoms with Crippen LogP contribution in [0.5, 0.6) is 5.75 Å². The molecule has 0 heterocycles. The molecule has 206 valence electrons. The molecule has 0 spiro atoms. The Morgan fingerprint density at radius 1 is 0.868 bits per heavy atom. The Labute approximate surface area is 230 Å². The number of hydrogen-bond acceptors (Lipinski definition) is 4. The lowest BCUT2D eigenvalue weighted by Crippen LogP contribution is -2.30. The zero-order valence-electron chi connectivity index (χ0n) is 23.8. The maximum absolute atomic E-state index is 12.5. The third-order valence-corrected chi connectivity index (χ3v) is 8.11. The minimum Gasteiger partial charge on any atom is -0.494 e. The quantitative estimate of drug-likeness (QED) is 0.174. The van der Waals surface area contributed by atoms with E-state index in [-0.39, 0.29) is 5.97 Å². The molecule has 0 N–H and O–H groups in total. The largest absolute Gasteiger partial charge is 0.494 e. The normalized spacial score (nSPS) is 18.8. The number of benzene rings is 2. The number of hydrogen-bond donors (Lipinski definition) is 0. The van der Waals surface area contributed by atoms with E-state index in [9.17, 15) is 10.1 Å². The highest BCUT2D eigenvalue weighted by atomic mass is 16.5. The molecule has 1 fully saturated rings. The molecule has 0 radical (unpaired) electrons. The molecule has 4 heteroatoms. The molecule has 0 aromatic heterocycles. The fourth-order valence-corrected chi connectivity index (χ4v) is 5.34. The molecule has 3 rings (SSSR count). The van der Waals surface area contributed by atoms with Crippen LogP contribution in [0, 0.1) is 22.7 Å². The SMILES string of the molecule is CCCCCCCOc1ccc(-c2ccc(C3CCC(COC(=O)C(C)(C#N)CCCC)CC3)cc2)cc1. The molecular formula is C34H47NO3. The smallest absolute Gasteiger partial charge is 0.326 e. The van der Waals surface area contributed by atoms with Gasteiger partial charge in [0.05, 0.1) is 19.3 Å². The molecule has 1 saturated carbocycles. The first-order valence-corrected chi connectivity index (χ1v) is 14.9. The molecule has 1 atom stereocenters. The average molecular weight is 518 g/mol. The zero-order chi connectivity index (χ0) is 27.2. The molecule has 0 bridgehead atoms. The number of carbonyl (C=O) groups excluding carboxylic acids is 1.